The van der Waals surface area contributed by atoms with Gasteiger partial charge in [0, 0.05) is 11.1 Å². The lowest BCUT2D eigenvalue weighted by molar-refractivity contribution is 0.170. The molecule has 0 aliphatic heterocycles. The zero-order valence-electron chi connectivity index (χ0n) is 22.2. The monoisotopic (exact) mass is 552 g/mol. The minimum absolute atomic E-state index is 0.00823. The Morgan fingerprint density at radius 3 is 1.51 bits per heavy atom. The first kappa shape index (κ1) is 31.0. The SMILES string of the molecule is CC1CCCC1OP(=O)=O.Cc1cc(C)c(O)c(-c2cc(C)cc(C)c2O)c1.O=P(=O)OC1CCCC1. The fourth-order valence-electron chi connectivity index (χ4n) is 4.82. The van der Waals surface area contributed by atoms with Gasteiger partial charge in [0.1, 0.15) is 11.5 Å². The molecular formula is C27H38O8P2. The van der Waals surface area contributed by atoms with Gasteiger partial charge in [-0.2, -0.15) is 0 Å². The molecule has 204 valence electrons. The zero-order chi connectivity index (χ0) is 27.7. The molecule has 4 rings (SSSR count). The van der Waals surface area contributed by atoms with Crippen LogP contribution in [0.3, 0.4) is 0 Å². The molecule has 8 nitrogen and oxygen atoms in total. The first-order valence-electron chi connectivity index (χ1n) is 12.6. The molecule has 0 bridgehead atoms. The van der Waals surface area contributed by atoms with Gasteiger partial charge >= 0.3 is 15.8 Å². The second kappa shape index (κ2) is 14.6. The Morgan fingerprint density at radius 2 is 1.14 bits per heavy atom. The molecule has 2 aromatic rings. The highest BCUT2D eigenvalue weighted by atomic mass is 31.1. The molecule has 0 amide bonds. The van der Waals surface area contributed by atoms with Crippen LogP contribution in [0.5, 0.6) is 11.5 Å². The number of phenolic OH excluding ortho intramolecular Hbond substituents is 2. The zero-order valence-corrected chi connectivity index (χ0v) is 24.0. The Balaban J connectivity index is 0.000000214. The molecule has 0 spiro atoms. The van der Waals surface area contributed by atoms with Gasteiger partial charge in [-0.15, -0.1) is 0 Å². The van der Waals surface area contributed by atoms with Gasteiger partial charge in [-0.1, -0.05) is 38.3 Å². The highest BCUT2D eigenvalue weighted by molar-refractivity contribution is 7.24. The van der Waals surface area contributed by atoms with Gasteiger partial charge in [-0.05, 0) is 93.7 Å². The maximum atomic E-state index is 10.2. The van der Waals surface area contributed by atoms with Gasteiger partial charge in [0.25, 0.3) is 0 Å². The molecular weight excluding hydrogens is 514 g/mol. The largest absolute Gasteiger partial charge is 0.507 e. The lowest BCUT2D eigenvalue weighted by Crippen LogP contribution is -2.10. The van der Waals surface area contributed by atoms with Crippen molar-refractivity contribution in [3.05, 3.63) is 46.5 Å². The van der Waals surface area contributed by atoms with Crippen molar-refractivity contribution in [3.63, 3.8) is 0 Å². The normalized spacial score (nSPS) is 18.9. The summed E-state index contributed by atoms with van der Waals surface area (Å²) in [5.74, 6) is 0.884. The Labute approximate surface area is 220 Å². The van der Waals surface area contributed by atoms with E-state index >= 15 is 0 Å². The van der Waals surface area contributed by atoms with Crippen LogP contribution in [0.2, 0.25) is 0 Å². The Bertz CT molecular complexity index is 1130. The van der Waals surface area contributed by atoms with Gasteiger partial charge in [-0.25, -0.2) is 18.3 Å². The Hall–Kier alpha value is -2.24. The first-order chi connectivity index (χ1) is 17.4. The van der Waals surface area contributed by atoms with Gasteiger partial charge in [-0.3, -0.25) is 9.05 Å². The molecule has 10 heteroatoms. The minimum atomic E-state index is -2.64. The van der Waals surface area contributed by atoms with E-state index in [2.05, 4.69) is 9.05 Å². The molecule has 2 N–H and O–H groups in total. The third-order valence-electron chi connectivity index (χ3n) is 6.72. The van der Waals surface area contributed by atoms with Crippen LogP contribution in [0.4, 0.5) is 0 Å². The van der Waals surface area contributed by atoms with Crippen LogP contribution in [-0.2, 0) is 27.3 Å². The van der Waals surface area contributed by atoms with Crippen LogP contribution < -0.4 is 0 Å². The summed E-state index contributed by atoms with van der Waals surface area (Å²) < 4.78 is 49.4. The van der Waals surface area contributed by atoms with E-state index in [4.69, 9.17) is 0 Å². The Morgan fingerprint density at radius 1 is 0.676 bits per heavy atom. The number of benzene rings is 2. The summed E-state index contributed by atoms with van der Waals surface area (Å²) in [7, 11) is -5.25. The molecule has 2 unspecified atom stereocenters. The van der Waals surface area contributed by atoms with Crippen molar-refractivity contribution in [1.82, 2.24) is 0 Å². The Kier molecular flexibility index (Phi) is 12.3. The quantitative estimate of drug-likeness (QED) is 0.355. The fraction of sp³-hybridized carbons (Fsp3) is 0.556. The average molecular weight is 553 g/mol. The highest BCUT2D eigenvalue weighted by Crippen LogP contribution is 2.40. The van der Waals surface area contributed by atoms with Crippen LogP contribution in [0.15, 0.2) is 24.3 Å². The summed E-state index contributed by atoms with van der Waals surface area (Å²) in [6.45, 7) is 9.72. The molecule has 2 saturated carbocycles. The van der Waals surface area contributed by atoms with E-state index in [1.54, 1.807) is 0 Å². The summed E-state index contributed by atoms with van der Waals surface area (Å²) in [4.78, 5) is 0. The number of hydrogen-bond acceptors (Lipinski definition) is 8. The molecule has 0 radical (unpaired) electrons. The van der Waals surface area contributed by atoms with Crippen LogP contribution in [-0.4, -0.2) is 22.4 Å². The number of aromatic hydroxyl groups is 2. The van der Waals surface area contributed by atoms with Gasteiger partial charge in [0.15, 0.2) is 0 Å². The van der Waals surface area contributed by atoms with E-state index < -0.39 is 15.8 Å². The van der Waals surface area contributed by atoms with Crippen molar-refractivity contribution < 1.29 is 37.5 Å². The summed E-state index contributed by atoms with van der Waals surface area (Å²) in [5, 5.41) is 20.3. The fourth-order valence-corrected chi connectivity index (χ4v) is 5.81. The second-order valence-corrected chi connectivity index (χ2v) is 11.3. The predicted molar refractivity (Wildman–Crippen MR) is 142 cm³/mol. The van der Waals surface area contributed by atoms with Crippen LogP contribution in [0.25, 0.3) is 11.1 Å². The van der Waals surface area contributed by atoms with E-state index in [0.717, 1.165) is 67.2 Å². The van der Waals surface area contributed by atoms with Crippen molar-refractivity contribution in [1.29, 1.82) is 0 Å². The van der Waals surface area contributed by atoms with E-state index in [9.17, 15) is 28.5 Å². The van der Waals surface area contributed by atoms with Crippen LogP contribution in [0, 0.1) is 33.6 Å². The molecule has 0 heterocycles. The van der Waals surface area contributed by atoms with Gasteiger partial charge in [0.2, 0.25) is 0 Å². The predicted octanol–water partition coefficient (Wildman–Crippen LogP) is 8.31. The molecule has 0 saturated heterocycles. The van der Waals surface area contributed by atoms with E-state index in [1.807, 2.05) is 58.9 Å². The highest BCUT2D eigenvalue weighted by Gasteiger charge is 2.25. The lowest BCUT2D eigenvalue weighted by atomic mass is 9.95. The van der Waals surface area contributed by atoms with Crippen molar-refractivity contribution in [2.45, 2.75) is 91.8 Å². The summed E-state index contributed by atoms with van der Waals surface area (Å²) in [6, 6.07) is 7.66. The summed E-state index contributed by atoms with van der Waals surface area (Å²) >= 11 is 0. The molecule has 37 heavy (non-hydrogen) atoms. The average Bonchev–Trinajstić information content (AvgIpc) is 3.45. The molecule has 2 fully saturated rings. The standard InChI is InChI=1S/C16H18O2.C6H11O3P.C5H9O3P/c1-9-5-11(3)15(17)13(7-9)14-8-10(2)6-12(4)16(14)18;1-5-3-2-4-6(5)9-10(7)8;6-9(7)8-5-3-1-2-4-5/h5-8,17-18H,1-4H3;5-6H,2-4H2,1H3;5H,1-4H2. The van der Waals surface area contributed by atoms with E-state index in [-0.39, 0.29) is 23.7 Å². The third kappa shape index (κ3) is 9.86. The van der Waals surface area contributed by atoms with Crippen molar-refractivity contribution in [2.75, 3.05) is 0 Å². The summed E-state index contributed by atoms with van der Waals surface area (Å²) in [5.41, 5.74) is 5.17. The van der Waals surface area contributed by atoms with Crippen molar-refractivity contribution in [3.8, 4) is 22.6 Å². The van der Waals surface area contributed by atoms with Crippen molar-refractivity contribution >= 4 is 15.8 Å². The van der Waals surface area contributed by atoms with E-state index in [0.29, 0.717) is 17.0 Å². The van der Waals surface area contributed by atoms with Crippen LogP contribution in [0.1, 0.15) is 74.1 Å². The number of phenols is 2. The van der Waals surface area contributed by atoms with Crippen molar-refractivity contribution in [2.24, 2.45) is 5.92 Å². The van der Waals surface area contributed by atoms with Crippen LogP contribution >= 0.6 is 15.8 Å². The molecule has 0 aromatic heterocycles. The minimum Gasteiger partial charge on any atom is -0.507 e. The maximum absolute atomic E-state index is 10.2. The smallest absolute Gasteiger partial charge is 0.468 e. The molecule has 2 aromatic carbocycles. The van der Waals surface area contributed by atoms with Gasteiger partial charge in [0.05, 0.1) is 12.2 Å². The second-order valence-electron chi connectivity index (χ2n) is 9.97. The molecule has 2 aliphatic rings. The third-order valence-corrected chi connectivity index (χ3v) is 7.63. The number of hydrogen-bond donors (Lipinski definition) is 2. The number of aryl methyl sites for hydroxylation is 4. The lowest BCUT2D eigenvalue weighted by Gasteiger charge is -2.13. The first-order valence-corrected chi connectivity index (χ1v) is 14.8. The molecule has 2 aliphatic carbocycles. The summed E-state index contributed by atoms with van der Waals surface area (Å²) in [6.07, 6.45) is 7.05. The topological polar surface area (TPSA) is 127 Å². The molecule has 2 atom stereocenters. The number of rotatable bonds is 5. The maximum Gasteiger partial charge on any atom is 0.468 e. The van der Waals surface area contributed by atoms with E-state index in [1.165, 1.54) is 0 Å². The van der Waals surface area contributed by atoms with Gasteiger partial charge < -0.3 is 10.2 Å².